The Morgan fingerprint density at radius 1 is 0.413 bits per heavy atom. The zero-order chi connectivity index (χ0) is 30.6. The van der Waals surface area contributed by atoms with Crippen LogP contribution in [0.25, 0.3) is 88.5 Å². The van der Waals surface area contributed by atoms with Crippen molar-refractivity contribution in [3.8, 4) is 45.0 Å². The summed E-state index contributed by atoms with van der Waals surface area (Å²) in [7, 11) is 0. The van der Waals surface area contributed by atoms with Gasteiger partial charge in [-0.3, -0.25) is 0 Å². The first kappa shape index (κ1) is 26.6. The van der Waals surface area contributed by atoms with Gasteiger partial charge in [0.2, 0.25) is 5.28 Å². The fourth-order valence-electron chi connectivity index (χ4n) is 6.44. The predicted molar refractivity (Wildman–Crippen MR) is 189 cm³/mol. The van der Waals surface area contributed by atoms with Gasteiger partial charge in [-0.25, -0.2) is 4.98 Å². The summed E-state index contributed by atoms with van der Waals surface area (Å²) >= 11 is 6.49. The van der Waals surface area contributed by atoms with Gasteiger partial charge in [0, 0.05) is 21.9 Å². The van der Waals surface area contributed by atoms with Crippen molar-refractivity contribution in [1.29, 1.82) is 0 Å². The molecule has 0 atom stereocenters. The number of hydrogen-bond donors (Lipinski definition) is 0. The van der Waals surface area contributed by atoms with Crippen molar-refractivity contribution in [2.75, 3.05) is 0 Å². The van der Waals surface area contributed by atoms with Crippen molar-refractivity contribution >= 4 is 55.1 Å². The molecule has 0 aliphatic heterocycles. The molecule has 7 aromatic carbocycles. The molecule has 0 saturated carbocycles. The second kappa shape index (κ2) is 10.7. The van der Waals surface area contributed by atoms with Gasteiger partial charge < -0.3 is 4.42 Å². The lowest BCUT2D eigenvalue weighted by atomic mass is 9.97. The zero-order valence-corrected chi connectivity index (χ0v) is 25.2. The van der Waals surface area contributed by atoms with Crippen LogP contribution in [0.3, 0.4) is 0 Å². The summed E-state index contributed by atoms with van der Waals surface area (Å²) in [5, 5.41) is 7.18. The molecule has 46 heavy (non-hydrogen) atoms. The van der Waals surface area contributed by atoms with Crippen LogP contribution in [-0.2, 0) is 0 Å². The highest BCUT2D eigenvalue weighted by molar-refractivity contribution is 6.28. The number of hydrogen-bond acceptors (Lipinski definition) is 4. The summed E-state index contributed by atoms with van der Waals surface area (Å²) < 4.78 is 6.23. The molecule has 0 spiro atoms. The molecule has 0 fully saturated rings. The number of halogens is 1. The highest BCUT2D eigenvalue weighted by Gasteiger charge is 2.16. The van der Waals surface area contributed by atoms with Gasteiger partial charge in [-0.1, -0.05) is 115 Å². The first-order valence-electron chi connectivity index (χ1n) is 15.1. The fraction of sp³-hybridized carbons (Fsp3) is 0. The topological polar surface area (TPSA) is 51.8 Å². The third kappa shape index (κ3) is 4.50. The van der Waals surface area contributed by atoms with E-state index in [0.717, 1.165) is 55.3 Å². The minimum Gasteiger partial charge on any atom is -0.456 e. The molecule has 0 bridgehead atoms. The molecule has 5 heteroatoms. The number of fused-ring (bicyclic) bond motifs is 6. The summed E-state index contributed by atoms with van der Waals surface area (Å²) in [6, 6.07) is 50.3. The Labute approximate surface area is 269 Å². The second-order valence-electron chi connectivity index (χ2n) is 11.4. The van der Waals surface area contributed by atoms with E-state index in [2.05, 4.69) is 101 Å². The molecule has 0 aliphatic carbocycles. The Hall–Kier alpha value is -5.84. The smallest absolute Gasteiger partial charge is 0.226 e. The van der Waals surface area contributed by atoms with E-state index in [0.29, 0.717) is 11.6 Å². The van der Waals surface area contributed by atoms with Crippen LogP contribution in [0.2, 0.25) is 5.28 Å². The zero-order valence-electron chi connectivity index (χ0n) is 24.5. The molecule has 0 radical (unpaired) electrons. The van der Waals surface area contributed by atoms with Crippen molar-refractivity contribution in [3.05, 3.63) is 151 Å². The van der Waals surface area contributed by atoms with Gasteiger partial charge in [0.15, 0.2) is 11.6 Å². The minimum atomic E-state index is 0.146. The standard InChI is InChI=1S/C41H24ClN3O/c42-41-44-39(28-16-13-25(14-17-28)29-19-21-33-30(23-29)18-15-27-9-4-5-10-32(27)33)43-40(45-41)31-20-22-36-35(24-31)38-34(11-6-12-37(38)46-36)26-7-2-1-3-8-26/h1-24H. The number of rotatable bonds is 4. The average molecular weight is 610 g/mol. The van der Waals surface area contributed by atoms with Crippen LogP contribution in [0.1, 0.15) is 0 Å². The van der Waals surface area contributed by atoms with Crippen molar-refractivity contribution in [2.24, 2.45) is 0 Å². The van der Waals surface area contributed by atoms with Gasteiger partial charge in [0.05, 0.1) is 0 Å². The number of nitrogens with zero attached hydrogens (tertiary/aromatic N) is 3. The minimum absolute atomic E-state index is 0.146. The fourth-order valence-corrected chi connectivity index (χ4v) is 6.60. The van der Waals surface area contributed by atoms with E-state index in [9.17, 15) is 0 Å². The van der Waals surface area contributed by atoms with Gasteiger partial charge in [0.1, 0.15) is 11.2 Å². The van der Waals surface area contributed by atoms with Gasteiger partial charge in [0.25, 0.3) is 0 Å². The van der Waals surface area contributed by atoms with Crippen LogP contribution >= 0.6 is 11.6 Å². The lowest BCUT2D eigenvalue weighted by molar-refractivity contribution is 0.669. The Bertz CT molecular complexity index is 2590. The molecule has 216 valence electrons. The van der Waals surface area contributed by atoms with E-state index in [4.69, 9.17) is 21.0 Å². The van der Waals surface area contributed by atoms with Crippen LogP contribution in [0, 0.1) is 0 Å². The van der Waals surface area contributed by atoms with E-state index in [1.54, 1.807) is 0 Å². The summed E-state index contributed by atoms with van der Waals surface area (Å²) in [6.07, 6.45) is 0. The largest absolute Gasteiger partial charge is 0.456 e. The van der Waals surface area contributed by atoms with Gasteiger partial charge >= 0.3 is 0 Å². The van der Waals surface area contributed by atoms with E-state index < -0.39 is 0 Å². The van der Waals surface area contributed by atoms with Crippen molar-refractivity contribution < 1.29 is 4.42 Å². The monoisotopic (exact) mass is 609 g/mol. The van der Waals surface area contributed by atoms with Crippen molar-refractivity contribution in [3.63, 3.8) is 0 Å². The summed E-state index contributed by atoms with van der Waals surface area (Å²) in [5.41, 5.74) is 7.86. The summed E-state index contributed by atoms with van der Waals surface area (Å²) in [4.78, 5) is 13.9. The lowest BCUT2D eigenvalue weighted by Crippen LogP contribution is -1.97. The maximum atomic E-state index is 6.49. The Morgan fingerprint density at radius 3 is 1.98 bits per heavy atom. The molecular formula is C41H24ClN3O. The quantitative estimate of drug-likeness (QED) is 0.186. The lowest BCUT2D eigenvalue weighted by Gasteiger charge is -2.09. The second-order valence-corrected chi connectivity index (χ2v) is 11.7. The first-order valence-corrected chi connectivity index (χ1v) is 15.5. The van der Waals surface area contributed by atoms with E-state index in [1.807, 2.05) is 54.6 Å². The average Bonchev–Trinajstić information content (AvgIpc) is 3.50. The van der Waals surface area contributed by atoms with Crippen molar-refractivity contribution in [2.45, 2.75) is 0 Å². The summed E-state index contributed by atoms with van der Waals surface area (Å²) in [5.74, 6) is 1.03. The maximum absolute atomic E-state index is 6.49. The molecule has 4 nitrogen and oxygen atoms in total. The molecule has 0 saturated heterocycles. The molecule has 2 heterocycles. The maximum Gasteiger partial charge on any atom is 0.226 e. The highest BCUT2D eigenvalue weighted by atomic mass is 35.5. The Morgan fingerprint density at radius 2 is 1.11 bits per heavy atom. The number of furan rings is 1. The first-order chi connectivity index (χ1) is 22.7. The summed E-state index contributed by atoms with van der Waals surface area (Å²) in [6.45, 7) is 0. The van der Waals surface area contributed by atoms with Crippen LogP contribution < -0.4 is 0 Å². The van der Waals surface area contributed by atoms with Gasteiger partial charge in [-0.2, -0.15) is 9.97 Å². The SMILES string of the molecule is Clc1nc(-c2ccc(-c3ccc4c(ccc5ccccc54)c3)cc2)nc(-c2ccc3oc4cccc(-c5ccccc5)c4c3c2)n1. The Balaban J connectivity index is 1.08. The highest BCUT2D eigenvalue weighted by Crippen LogP contribution is 2.38. The van der Waals surface area contributed by atoms with Crippen LogP contribution in [0.5, 0.6) is 0 Å². The van der Waals surface area contributed by atoms with E-state index in [-0.39, 0.29) is 5.28 Å². The number of benzene rings is 7. The molecular weight excluding hydrogens is 586 g/mol. The normalized spacial score (nSPS) is 11.6. The molecule has 0 N–H and O–H groups in total. The number of aromatic nitrogens is 3. The molecule has 2 aromatic heterocycles. The molecule has 9 aromatic rings. The van der Waals surface area contributed by atoms with Gasteiger partial charge in [-0.05, 0) is 85.7 Å². The molecule has 9 rings (SSSR count). The van der Waals surface area contributed by atoms with E-state index in [1.165, 1.54) is 21.5 Å². The predicted octanol–water partition coefficient (Wildman–Crippen LogP) is 11.4. The van der Waals surface area contributed by atoms with Gasteiger partial charge in [-0.15, -0.1) is 0 Å². The van der Waals surface area contributed by atoms with Crippen molar-refractivity contribution in [1.82, 2.24) is 15.0 Å². The van der Waals surface area contributed by atoms with Crippen LogP contribution in [0.4, 0.5) is 0 Å². The third-order valence-corrected chi connectivity index (χ3v) is 8.84. The molecule has 0 amide bonds. The third-order valence-electron chi connectivity index (χ3n) is 8.67. The molecule has 0 unspecified atom stereocenters. The van der Waals surface area contributed by atoms with Crippen LogP contribution in [-0.4, -0.2) is 15.0 Å². The van der Waals surface area contributed by atoms with E-state index >= 15 is 0 Å². The van der Waals surface area contributed by atoms with Crippen LogP contribution in [0.15, 0.2) is 150 Å². The molecule has 0 aliphatic rings. The Kier molecular flexibility index (Phi) is 6.15.